The van der Waals surface area contributed by atoms with Crippen LogP contribution in [0.2, 0.25) is 10.0 Å². The molecular weight excluding hydrogens is 535 g/mol. The molecular formula is C26H36Cl2N4O4S. The van der Waals surface area contributed by atoms with Gasteiger partial charge in [0.05, 0.1) is 15.7 Å². The van der Waals surface area contributed by atoms with Crippen LogP contribution in [0.5, 0.6) is 0 Å². The molecule has 2 aromatic rings. The Morgan fingerprint density at radius 3 is 2.22 bits per heavy atom. The number of benzene rings is 2. The molecule has 2 aromatic carbocycles. The third-order valence-corrected chi connectivity index (χ3v) is 8.70. The average molecular weight is 572 g/mol. The van der Waals surface area contributed by atoms with E-state index in [1.807, 2.05) is 32.9 Å². The van der Waals surface area contributed by atoms with E-state index < -0.39 is 28.7 Å². The first-order valence-corrected chi connectivity index (χ1v) is 14.2. The molecule has 0 fully saturated rings. The Morgan fingerprint density at radius 1 is 1.00 bits per heavy atom. The number of hydrogen-bond acceptors (Lipinski definition) is 4. The van der Waals surface area contributed by atoms with Gasteiger partial charge in [-0.3, -0.25) is 9.59 Å². The maximum atomic E-state index is 13.8. The summed E-state index contributed by atoms with van der Waals surface area (Å²) in [4.78, 5) is 28.2. The van der Waals surface area contributed by atoms with Crippen molar-refractivity contribution < 1.29 is 18.0 Å². The van der Waals surface area contributed by atoms with Crippen molar-refractivity contribution in [2.75, 3.05) is 24.9 Å². The summed E-state index contributed by atoms with van der Waals surface area (Å²) >= 11 is 12.2. The van der Waals surface area contributed by atoms with Gasteiger partial charge in [0.2, 0.25) is 11.8 Å². The molecule has 0 spiro atoms. The van der Waals surface area contributed by atoms with Crippen molar-refractivity contribution in [1.29, 1.82) is 0 Å². The third kappa shape index (κ3) is 7.83. The SMILES string of the molecule is CC[C@@H](C)NC(=O)[C@H](C)N(Cc1ccc(Cl)c(Cl)c1)C(=O)CN(c1cc(C)ccc1C)S(=O)(=O)N(C)C. The second-order valence-electron chi connectivity index (χ2n) is 9.35. The molecule has 0 radical (unpaired) electrons. The second-order valence-corrected chi connectivity index (χ2v) is 12.2. The Hall–Kier alpha value is -2.33. The molecule has 204 valence electrons. The van der Waals surface area contributed by atoms with Crippen LogP contribution >= 0.6 is 23.2 Å². The van der Waals surface area contributed by atoms with Gasteiger partial charge in [0, 0.05) is 26.7 Å². The highest BCUT2D eigenvalue weighted by Crippen LogP contribution is 2.27. The van der Waals surface area contributed by atoms with E-state index in [1.54, 1.807) is 38.1 Å². The van der Waals surface area contributed by atoms with E-state index in [2.05, 4.69) is 5.32 Å². The molecule has 37 heavy (non-hydrogen) atoms. The van der Waals surface area contributed by atoms with E-state index in [9.17, 15) is 18.0 Å². The Bertz CT molecular complexity index is 1240. The number of nitrogens with one attached hydrogen (secondary N) is 1. The molecule has 2 amide bonds. The highest BCUT2D eigenvalue weighted by atomic mass is 35.5. The number of halogens is 2. The zero-order chi connectivity index (χ0) is 28.1. The van der Waals surface area contributed by atoms with Crippen LogP contribution < -0.4 is 9.62 Å². The molecule has 0 aromatic heterocycles. The number of carbonyl (C=O) groups excluding carboxylic acids is 2. The summed E-state index contributed by atoms with van der Waals surface area (Å²) in [5.41, 5.74) is 2.59. The molecule has 11 heteroatoms. The monoisotopic (exact) mass is 570 g/mol. The van der Waals surface area contributed by atoms with Crippen molar-refractivity contribution in [2.24, 2.45) is 0 Å². The summed E-state index contributed by atoms with van der Waals surface area (Å²) in [7, 11) is -1.21. The van der Waals surface area contributed by atoms with Crippen LogP contribution in [0.3, 0.4) is 0 Å². The number of aryl methyl sites for hydroxylation is 2. The molecule has 0 unspecified atom stereocenters. The molecule has 0 bridgehead atoms. The summed E-state index contributed by atoms with van der Waals surface area (Å²) in [6.07, 6.45) is 0.723. The minimum Gasteiger partial charge on any atom is -0.352 e. The van der Waals surface area contributed by atoms with Crippen LogP contribution in [0, 0.1) is 13.8 Å². The summed E-state index contributed by atoms with van der Waals surface area (Å²) in [6, 6.07) is 9.41. The van der Waals surface area contributed by atoms with Gasteiger partial charge in [-0.05, 0) is 69.0 Å². The van der Waals surface area contributed by atoms with E-state index >= 15 is 0 Å². The molecule has 0 saturated heterocycles. The van der Waals surface area contributed by atoms with Gasteiger partial charge in [0.1, 0.15) is 12.6 Å². The zero-order valence-corrected chi connectivity index (χ0v) is 24.7. The highest BCUT2D eigenvalue weighted by Gasteiger charge is 2.33. The molecule has 2 rings (SSSR count). The lowest BCUT2D eigenvalue weighted by Gasteiger charge is -2.33. The van der Waals surface area contributed by atoms with Gasteiger partial charge in [-0.15, -0.1) is 0 Å². The number of amides is 2. The predicted molar refractivity (Wildman–Crippen MR) is 150 cm³/mol. The fraction of sp³-hybridized carbons (Fsp3) is 0.462. The maximum Gasteiger partial charge on any atom is 0.304 e. The van der Waals surface area contributed by atoms with Crippen molar-refractivity contribution in [3.63, 3.8) is 0 Å². The average Bonchev–Trinajstić information content (AvgIpc) is 2.83. The fourth-order valence-corrected chi connectivity index (χ4v) is 5.01. The Kier molecular flexibility index (Phi) is 10.8. The molecule has 0 aliphatic heterocycles. The van der Waals surface area contributed by atoms with Crippen molar-refractivity contribution in [1.82, 2.24) is 14.5 Å². The molecule has 0 heterocycles. The Morgan fingerprint density at radius 2 is 1.65 bits per heavy atom. The van der Waals surface area contributed by atoms with Crippen molar-refractivity contribution in [3.05, 3.63) is 63.1 Å². The van der Waals surface area contributed by atoms with Crippen LogP contribution in [0.4, 0.5) is 5.69 Å². The highest BCUT2D eigenvalue weighted by molar-refractivity contribution is 7.90. The number of anilines is 1. The van der Waals surface area contributed by atoms with Gasteiger partial charge < -0.3 is 10.2 Å². The van der Waals surface area contributed by atoms with Crippen LogP contribution in [-0.2, 0) is 26.3 Å². The van der Waals surface area contributed by atoms with Gasteiger partial charge in [-0.1, -0.05) is 48.3 Å². The normalized spacial score (nSPS) is 13.2. The Labute approximate surface area is 230 Å². The van der Waals surface area contributed by atoms with E-state index in [1.165, 1.54) is 19.0 Å². The van der Waals surface area contributed by atoms with Crippen molar-refractivity contribution in [3.8, 4) is 0 Å². The van der Waals surface area contributed by atoms with Crippen molar-refractivity contribution in [2.45, 2.75) is 59.7 Å². The lowest BCUT2D eigenvalue weighted by molar-refractivity contribution is -0.139. The van der Waals surface area contributed by atoms with Gasteiger partial charge in [-0.25, -0.2) is 4.31 Å². The first kappa shape index (κ1) is 30.9. The molecule has 0 aliphatic carbocycles. The first-order valence-electron chi connectivity index (χ1n) is 12.0. The topological polar surface area (TPSA) is 90.0 Å². The summed E-state index contributed by atoms with van der Waals surface area (Å²) < 4.78 is 28.8. The van der Waals surface area contributed by atoms with E-state index in [0.717, 1.165) is 20.6 Å². The lowest BCUT2D eigenvalue weighted by Crippen LogP contribution is -2.53. The molecule has 2 atom stereocenters. The standard InChI is InChI=1S/C26H36Cl2N4O4S/c1-8-19(4)29-26(34)20(5)31(15-21-11-12-22(27)23(28)14-21)25(33)16-32(37(35,36)30(6)7)24-13-17(2)9-10-18(24)3/h9-14,19-20H,8,15-16H2,1-7H3,(H,29,34)/t19-,20+/m1/s1. The lowest BCUT2D eigenvalue weighted by atomic mass is 10.1. The smallest absolute Gasteiger partial charge is 0.304 e. The van der Waals surface area contributed by atoms with Gasteiger partial charge in [0.25, 0.3) is 0 Å². The van der Waals surface area contributed by atoms with Crippen LogP contribution in [-0.4, -0.2) is 62.2 Å². The minimum absolute atomic E-state index is 0.0352. The number of nitrogens with zero attached hydrogens (tertiary/aromatic N) is 3. The van der Waals surface area contributed by atoms with Gasteiger partial charge >= 0.3 is 10.2 Å². The summed E-state index contributed by atoms with van der Waals surface area (Å²) in [6.45, 7) is 8.62. The largest absolute Gasteiger partial charge is 0.352 e. The quantitative estimate of drug-likeness (QED) is 0.429. The van der Waals surface area contributed by atoms with Crippen molar-refractivity contribution >= 4 is 50.9 Å². The maximum absolute atomic E-state index is 13.8. The first-order chi connectivity index (χ1) is 17.2. The number of carbonyl (C=O) groups is 2. The zero-order valence-electron chi connectivity index (χ0n) is 22.4. The third-order valence-electron chi connectivity index (χ3n) is 6.16. The van der Waals surface area contributed by atoms with E-state index in [-0.39, 0.29) is 18.5 Å². The predicted octanol–water partition coefficient (Wildman–Crippen LogP) is 4.56. The molecule has 0 saturated carbocycles. The molecule has 0 aliphatic rings. The van der Waals surface area contributed by atoms with E-state index in [0.29, 0.717) is 26.9 Å². The number of rotatable bonds is 11. The van der Waals surface area contributed by atoms with Gasteiger partial charge in [-0.2, -0.15) is 12.7 Å². The van der Waals surface area contributed by atoms with Crippen LogP contribution in [0.25, 0.3) is 0 Å². The number of hydrogen-bond donors (Lipinski definition) is 1. The van der Waals surface area contributed by atoms with E-state index in [4.69, 9.17) is 23.2 Å². The van der Waals surface area contributed by atoms with Crippen LogP contribution in [0.15, 0.2) is 36.4 Å². The molecule has 1 N–H and O–H groups in total. The van der Waals surface area contributed by atoms with Crippen LogP contribution in [0.1, 0.15) is 43.9 Å². The second kappa shape index (κ2) is 13.0. The van der Waals surface area contributed by atoms with Gasteiger partial charge in [0.15, 0.2) is 0 Å². The minimum atomic E-state index is -4.03. The molecule has 8 nitrogen and oxygen atoms in total. The summed E-state index contributed by atoms with van der Waals surface area (Å²) in [5, 5.41) is 3.58. The fourth-order valence-electron chi connectivity index (χ4n) is 3.57. The Balaban J connectivity index is 2.53. The summed E-state index contributed by atoms with van der Waals surface area (Å²) in [5.74, 6) is -0.874.